The van der Waals surface area contributed by atoms with E-state index in [1.807, 2.05) is 18.2 Å². The number of thiazole rings is 1. The standard InChI is InChI=1S/C26H26F5N3O3S/c1-36-12-9-32-25-24(26(35)37-23-21(30)19(28)18(27)20(29)22(23)31)38-17(33-25)14-34-10-7-16(8-11-34)13-15-5-3-2-4-6-15/h2-6,16,32H,7-14H2,1H3. The van der Waals surface area contributed by atoms with Gasteiger partial charge in [-0.25, -0.2) is 22.9 Å². The predicted molar refractivity (Wildman–Crippen MR) is 132 cm³/mol. The van der Waals surface area contributed by atoms with Crippen LogP contribution >= 0.6 is 11.3 Å². The van der Waals surface area contributed by atoms with Gasteiger partial charge in [-0.2, -0.15) is 8.78 Å². The summed E-state index contributed by atoms with van der Waals surface area (Å²) in [6.45, 7) is 2.61. The molecule has 38 heavy (non-hydrogen) atoms. The Bertz CT molecular complexity index is 1240. The third kappa shape index (κ3) is 6.48. The highest BCUT2D eigenvalue weighted by molar-refractivity contribution is 7.14. The summed E-state index contributed by atoms with van der Waals surface area (Å²) >= 11 is 0.928. The molecule has 1 N–H and O–H groups in total. The molecule has 0 spiro atoms. The maximum atomic E-state index is 14.1. The van der Waals surface area contributed by atoms with E-state index in [2.05, 4.69) is 32.1 Å². The number of hydrogen-bond acceptors (Lipinski definition) is 7. The van der Waals surface area contributed by atoms with Gasteiger partial charge < -0.3 is 14.8 Å². The molecule has 2 heterocycles. The summed E-state index contributed by atoms with van der Waals surface area (Å²) < 4.78 is 78.2. The second-order valence-electron chi connectivity index (χ2n) is 8.90. The number of piperidine rings is 1. The van der Waals surface area contributed by atoms with Crippen LogP contribution in [0, 0.1) is 35.0 Å². The van der Waals surface area contributed by atoms with Gasteiger partial charge in [0.15, 0.2) is 10.7 Å². The predicted octanol–water partition coefficient (Wildman–Crippen LogP) is 5.57. The number of halogens is 5. The molecular formula is C26H26F5N3O3S. The summed E-state index contributed by atoms with van der Waals surface area (Å²) in [4.78, 5) is 19.3. The van der Waals surface area contributed by atoms with Crippen molar-refractivity contribution in [1.29, 1.82) is 0 Å². The van der Waals surface area contributed by atoms with Gasteiger partial charge in [-0.05, 0) is 43.8 Å². The second-order valence-corrected chi connectivity index (χ2v) is 9.99. The van der Waals surface area contributed by atoms with Gasteiger partial charge in [-0.3, -0.25) is 4.90 Å². The summed E-state index contributed by atoms with van der Waals surface area (Å²) in [5.74, 6) is -13.5. The van der Waals surface area contributed by atoms with Crippen molar-refractivity contribution in [2.45, 2.75) is 25.8 Å². The Balaban J connectivity index is 1.46. The second kappa shape index (κ2) is 12.6. The van der Waals surface area contributed by atoms with Gasteiger partial charge in [0.05, 0.1) is 13.2 Å². The Hall–Kier alpha value is -3.09. The van der Waals surface area contributed by atoms with Crippen LogP contribution in [0.3, 0.4) is 0 Å². The van der Waals surface area contributed by atoms with Crippen LogP contribution < -0.4 is 10.1 Å². The monoisotopic (exact) mass is 555 g/mol. The number of benzene rings is 2. The molecule has 1 fully saturated rings. The number of rotatable bonds is 10. The first-order valence-corrected chi connectivity index (χ1v) is 12.8. The van der Waals surface area contributed by atoms with Crippen molar-refractivity contribution in [2.24, 2.45) is 5.92 Å². The van der Waals surface area contributed by atoms with E-state index >= 15 is 0 Å². The summed E-state index contributed by atoms with van der Waals surface area (Å²) in [5, 5.41) is 3.43. The fourth-order valence-corrected chi connectivity index (χ4v) is 5.22. The molecule has 4 rings (SSSR count). The first kappa shape index (κ1) is 27.9. The van der Waals surface area contributed by atoms with Crippen molar-refractivity contribution in [3.63, 3.8) is 0 Å². The number of hydrogen-bond donors (Lipinski definition) is 1. The van der Waals surface area contributed by atoms with Crippen LogP contribution in [0.1, 0.15) is 33.1 Å². The molecule has 3 aromatic rings. The number of anilines is 1. The van der Waals surface area contributed by atoms with Crippen LogP contribution in [-0.2, 0) is 17.7 Å². The first-order valence-electron chi connectivity index (χ1n) is 12.0. The molecular weight excluding hydrogens is 529 g/mol. The number of nitrogens with zero attached hydrogens (tertiary/aromatic N) is 2. The van der Waals surface area contributed by atoms with Crippen molar-refractivity contribution in [3.8, 4) is 5.75 Å². The first-order chi connectivity index (χ1) is 18.3. The maximum absolute atomic E-state index is 14.1. The van der Waals surface area contributed by atoms with E-state index in [1.165, 1.54) is 12.7 Å². The van der Waals surface area contributed by atoms with E-state index in [0.717, 1.165) is 43.7 Å². The Labute approximate surface area is 220 Å². The van der Waals surface area contributed by atoms with Gasteiger partial charge in [-0.15, -0.1) is 11.3 Å². The Morgan fingerprint density at radius 3 is 2.29 bits per heavy atom. The van der Waals surface area contributed by atoms with Crippen molar-refractivity contribution in [3.05, 3.63) is 74.9 Å². The lowest BCUT2D eigenvalue weighted by atomic mass is 9.90. The highest BCUT2D eigenvalue weighted by atomic mass is 32.1. The van der Waals surface area contributed by atoms with Gasteiger partial charge in [0.1, 0.15) is 5.01 Å². The Kier molecular flexibility index (Phi) is 9.29. The summed E-state index contributed by atoms with van der Waals surface area (Å²) in [5.41, 5.74) is 1.30. The zero-order chi connectivity index (χ0) is 27.2. The number of carbonyl (C=O) groups is 1. The number of nitrogens with one attached hydrogen (secondary N) is 1. The summed E-state index contributed by atoms with van der Waals surface area (Å²) in [6.07, 6.45) is 3.00. The molecule has 1 aliphatic rings. The number of carbonyl (C=O) groups excluding carboxylic acids is 1. The SMILES string of the molecule is COCCNc1nc(CN2CCC(Cc3ccccc3)CC2)sc1C(=O)Oc1c(F)c(F)c(F)c(F)c1F. The smallest absolute Gasteiger partial charge is 0.357 e. The minimum atomic E-state index is -2.34. The van der Waals surface area contributed by atoms with Crippen molar-refractivity contribution in [2.75, 3.05) is 38.7 Å². The molecule has 0 unspecified atom stereocenters. The molecule has 0 aliphatic carbocycles. The van der Waals surface area contributed by atoms with Gasteiger partial charge >= 0.3 is 5.97 Å². The lowest BCUT2D eigenvalue weighted by Crippen LogP contribution is -2.33. The molecule has 0 amide bonds. The third-order valence-electron chi connectivity index (χ3n) is 6.25. The fraction of sp³-hybridized carbons (Fsp3) is 0.385. The largest absolute Gasteiger partial charge is 0.416 e. The van der Waals surface area contributed by atoms with E-state index in [4.69, 9.17) is 4.74 Å². The molecule has 1 aromatic heterocycles. The summed E-state index contributed by atoms with van der Waals surface area (Å²) in [7, 11) is 1.48. The number of aromatic nitrogens is 1. The van der Waals surface area contributed by atoms with Crippen molar-refractivity contribution in [1.82, 2.24) is 9.88 Å². The number of likely N-dealkylation sites (tertiary alicyclic amines) is 1. The normalized spacial score (nSPS) is 14.6. The molecule has 1 aliphatic heterocycles. The van der Waals surface area contributed by atoms with Gasteiger partial charge in [0.2, 0.25) is 34.8 Å². The van der Waals surface area contributed by atoms with Crippen LogP contribution in [0.15, 0.2) is 30.3 Å². The average Bonchev–Trinajstić information content (AvgIpc) is 3.33. The van der Waals surface area contributed by atoms with Crippen LogP contribution in [0.2, 0.25) is 0 Å². The molecule has 1 saturated heterocycles. The number of methoxy groups -OCH3 is 1. The highest BCUT2D eigenvalue weighted by Crippen LogP contribution is 2.32. The zero-order valence-electron chi connectivity index (χ0n) is 20.5. The zero-order valence-corrected chi connectivity index (χ0v) is 21.4. The van der Waals surface area contributed by atoms with Gasteiger partial charge in [0, 0.05) is 13.7 Å². The van der Waals surface area contributed by atoms with Crippen molar-refractivity contribution < 1.29 is 36.2 Å². The number of ether oxygens (including phenoxy) is 2. The highest BCUT2D eigenvalue weighted by Gasteiger charge is 2.31. The number of esters is 1. The van der Waals surface area contributed by atoms with Crippen LogP contribution in [0.4, 0.5) is 27.8 Å². The minimum absolute atomic E-state index is 0.0786. The Morgan fingerprint density at radius 1 is 1.03 bits per heavy atom. The quantitative estimate of drug-likeness (QED) is 0.0882. The average molecular weight is 556 g/mol. The molecule has 0 saturated carbocycles. The van der Waals surface area contributed by atoms with Crippen molar-refractivity contribution >= 4 is 23.1 Å². The van der Waals surface area contributed by atoms with E-state index in [9.17, 15) is 26.7 Å². The van der Waals surface area contributed by atoms with E-state index in [1.54, 1.807) is 0 Å². The molecule has 0 bridgehead atoms. The maximum Gasteiger partial charge on any atom is 0.357 e. The lowest BCUT2D eigenvalue weighted by Gasteiger charge is -2.31. The molecule has 204 valence electrons. The van der Waals surface area contributed by atoms with Gasteiger partial charge in [0.25, 0.3) is 0 Å². The topological polar surface area (TPSA) is 63.7 Å². The Morgan fingerprint density at radius 2 is 1.66 bits per heavy atom. The molecule has 2 aromatic carbocycles. The van der Waals surface area contributed by atoms with E-state index in [-0.39, 0.29) is 23.8 Å². The van der Waals surface area contributed by atoms with E-state index < -0.39 is 40.8 Å². The third-order valence-corrected chi connectivity index (χ3v) is 7.27. The van der Waals surface area contributed by atoms with Crippen LogP contribution in [0.5, 0.6) is 5.75 Å². The molecule has 12 heteroatoms. The van der Waals surface area contributed by atoms with Crippen LogP contribution in [-0.4, -0.2) is 49.2 Å². The molecule has 6 nitrogen and oxygen atoms in total. The van der Waals surface area contributed by atoms with Crippen LogP contribution in [0.25, 0.3) is 0 Å². The lowest BCUT2D eigenvalue weighted by molar-refractivity contribution is 0.0721. The molecule has 0 radical (unpaired) electrons. The minimum Gasteiger partial charge on any atom is -0.416 e. The fourth-order valence-electron chi connectivity index (χ4n) is 4.26. The van der Waals surface area contributed by atoms with Gasteiger partial charge in [-0.1, -0.05) is 30.3 Å². The summed E-state index contributed by atoms with van der Waals surface area (Å²) in [6, 6.07) is 10.3. The van der Waals surface area contributed by atoms with E-state index in [0.29, 0.717) is 17.5 Å². The molecule has 0 atom stereocenters.